The summed E-state index contributed by atoms with van der Waals surface area (Å²) in [6.07, 6.45) is 5.97. The van der Waals surface area contributed by atoms with Gasteiger partial charge >= 0.3 is 5.97 Å². The van der Waals surface area contributed by atoms with E-state index < -0.39 is 0 Å². The number of hydrogen-bond donors (Lipinski definition) is 2. The van der Waals surface area contributed by atoms with E-state index >= 15 is 0 Å². The third-order valence-electron chi connectivity index (χ3n) is 3.28. The number of cyclic esters (lactones) is 1. The second-order valence-electron chi connectivity index (χ2n) is 4.81. The standard InChI is InChI=1S/C12H19N3O2S/c1-2-3-4-5-9-6-8(11(16)17-9)7-10-13-12(18)15-14-10/h8-9H,2-7H2,1H3,(H2,13,14,15,18). The molecule has 0 amide bonds. The first-order valence-electron chi connectivity index (χ1n) is 6.53. The molecule has 18 heavy (non-hydrogen) atoms. The SMILES string of the molecule is CCCCCC1CC(Cc2nc(=S)[nH][nH]2)C(=O)O1. The van der Waals surface area contributed by atoms with Crippen molar-refractivity contribution in [2.75, 3.05) is 0 Å². The molecule has 6 heteroatoms. The summed E-state index contributed by atoms with van der Waals surface area (Å²) in [4.78, 5) is 15.8. The number of esters is 1. The topological polar surface area (TPSA) is 70.8 Å². The first-order chi connectivity index (χ1) is 8.69. The Hall–Kier alpha value is -1.17. The predicted molar refractivity (Wildman–Crippen MR) is 69.6 cm³/mol. The highest BCUT2D eigenvalue weighted by molar-refractivity contribution is 7.71. The molecular formula is C12H19N3O2S. The fourth-order valence-corrected chi connectivity index (χ4v) is 2.48. The number of aromatic amines is 2. The molecule has 1 saturated heterocycles. The fourth-order valence-electron chi connectivity index (χ4n) is 2.32. The van der Waals surface area contributed by atoms with Crippen LogP contribution in [0.3, 0.4) is 0 Å². The molecule has 2 atom stereocenters. The van der Waals surface area contributed by atoms with Gasteiger partial charge < -0.3 is 4.74 Å². The number of carbonyl (C=O) groups is 1. The Morgan fingerprint density at radius 3 is 2.94 bits per heavy atom. The van der Waals surface area contributed by atoms with Crippen molar-refractivity contribution in [1.82, 2.24) is 15.2 Å². The number of aromatic nitrogens is 3. The molecule has 100 valence electrons. The molecule has 2 N–H and O–H groups in total. The van der Waals surface area contributed by atoms with E-state index in [0.29, 0.717) is 11.2 Å². The van der Waals surface area contributed by atoms with E-state index in [-0.39, 0.29) is 18.0 Å². The van der Waals surface area contributed by atoms with Crippen LogP contribution in [-0.4, -0.2) is 27.3 Å². The maximum atomic E-state index is 11.7. The quantitative estimate of drug-likeness (QED) is 0.473. The van der Waals surface area contributed by atoms with Crippen molar-refractivity contribution >= 4 is 18.2 Å². The van der Waals surface area contributed by atoms with Gasteiger partial charge in [0.2, 0.25) is 4.77 Å². The number of ether oxygens (including phenoxy) is 1. The number of carbonyl (C=O) groups excluding carboxylic acids is 1. The van der Waals surface area contributed by atoms with Crippen LogP contribution in [0.15, 0.2) is 0 Å². The van der Waals surface area contributed by atoms with E-state index in [2.05, 4.69) is 22.1 Å². The number of rotatable bonds is 6. The van der Waals surface area contributed by atoms with Gasteiger partial charge in [0.15, 0.2) is 0 Å². The van der Waals surface area contributed by atoms with E-state index in [9.17, 15) is 4.79 Å². The van der Waals surface area contributed by atoms with Crippen molar-refractivity contribution in [3.05, 3.63) is 10.6 Å². The molecule has 1 aliphatic heterocycles. The van der Waals surface area contributed by atoms with Crippen molar-refractivity contribution in [2.45, 2.75) is 51.6 Å². The maximum absolute atomic E-state index is 11.7. The second kappa shape index (κ2) is 6.13. The summed E-state index contributed by atoms with van der Waals surface area (Å²) in [7, 11) is 0. The highest BCUT2D eigenvalue weighted by Crippen LogP contribution is 2.27. The molecule has 0 aliphatic carbocycles. The Balaban J connectivity index is 1.83. The van der Waals surface area contributed by atoms with Gasteiger partial charge in [-0.25, -0.2) is 4.98 Å². The maximum Gasteiger partial charge on any atom is 0.309 e. The molecule has 0 bridgehead atoms. The van der Waals surface area contributed by atoms with E-state index in [1.54, 1.807) is 0 Å². The van der Waals surface area contributed by atoms with Crippen LogP contribution in [0, 0.1) is 10.7 Å². The summed E-state index contributed by atoms with van der Waals surface area (Å²) in [6.45, 7) is 2.17. The number of nitrogens with zero attached hydrogens (tertiary/aromatic N) is 1. The lowest BCUT2D eigenvalue weighted by Gasteiger charge is -2.07. The van der Waals surface area contributed by atoms with Crippen LogP contribution in [0.5, 0.6) is 0 Å². The highest BCUT2D eigenvalue weighted by atomic mass is 32.1. The smallest absolute Gasteiger partial charge is 0.309 e. The summed E-state index contributed by atoms with van der Waals surface area (Å²) in [5, 5.41) is 5.61. The zero-order valence-corrected chi connectivity index (χ0v) is 11.4. The summed E-state index contributed by atoms with van der Waals surface area (Å²) in [5.74, 6) is 0.556. The van der Waals surface area contributed by atoms with Crippen molar-refractivity contribution in [2.24, 2.45) is 5.92 Å². The molecule has 0 radical (unpaired) electrons. The van der Waals surface area contributed by atoms with Gasteiger partial charge in [0.05, 0.1) is 5.92 Å². The van der Waals surface area contributed by atoms with Gasteiger partial charge in [-0.1, -0.05) is 19.8 Å². The van der Waals surface area contributed by atoms with Gasteiger partial charge in [-0.2, -0.15) is 0 Å². The molecule has 1 aromatic heterocycles. The molecule has 1 aliphatic rings. The van der Waals surface area contributed by atoms with Crippen LogP contribution in [0.4, 0.5) is 0 Å². The largest absolute Gasteiger partial charge is 0.462 e. The van der Waals surface area contributed by atoms with E-state index in [0.717, 1.165) is 25.1 Å². The summed E-state index contributed by atoms with van der Waals surface area (Å²) in [6, 6.07) is 0. The second-order valence-corrected chi connectivity index (χ2v) is 5.19. The van der Waals surface area contributed by atoms with Crippen molar-refractivity contribution < 1.29 is 9.53 Å². The summed E-state index contributed by atoms with van der Waals surface area (Å²) >= 11 is 4.88. The fraction of sp³-hybridized carbons (Fsp3) is 0.750. The van der Waals surface area contributed by atoms with Crippen LogP contribution in [-0.2, 0) is 16.0 Å². The Morgan fingerprint density at radius 1 is 1.44 bits per heavy atom. The lowest BCUT2D eigenvalue weighted by Crippen LogP contribution is -2.11. The Bertz CT molecular complexity index is 454. The summed E-state index contributed by atoms with van der Waals surface area (Å²) < 4.78 is 5.81. The first-order valence-corrected chi connectivity index (χ1v) is 6.94. The molecule has 0 saturated carbocycles. The van der Waals surface area contributed by atoms with Crippen molar-refractivity contribution in [1.29, 1.82) is 0 Å². The van der Waals surface area contributed by atoms with E-state index in [1.807, 2.05) is 0 Å². The predicted octanol–water partition coefficient (Wildman–Crippen LogP) is 2.52. The van der Waals surface area contributed by atoms with E-state index in [4.69, 9.17) is 17.0 Å². The average Bonchev–Trinajstić information content (AvgIpc) is 2.88. The molecule has 1 fully saturated rings. The molecule has 2 unspecified atom stereocenters. The Kier molecular flexibility index (Phi) is 4.52. The zero-order valence-electron chi connectivity index (χ0n) is 10.6. The van der Waals surface area contributed by atoms with Gasteiger partial charge in [-0.05, 0) is 31.5 Å². The Labute approximate surface area is 111 Å². The number of hydrogen-bond acceptors (Lipinski definition) is 4. The van der Waals surface area contributed by atoms with Gasteiger partial charge in [0.1, 0.15) is 11.9 Å². The van der Waals surface area contributed by atoms with Gasteiger partial charge in [0.25, 0.3) is 0 Å². The minimum Gasteiger partial charge on any atom is -0.462 e. The molecule has 0 aromatic carbocycles. The van der Waals surface area contributed by atoms with Crippen LogP contribution in [0.1, 0.15) is 44.9 Å². The van der Waals surface area contributed by atoms with Crippen molar-refractivity contribution in [3.63, 3.8) is 0 Å². The summed E-state index contributed by atoms with van der Waals surface area (Å²) in [5.41, 5.74) is 0. The third kappa shape index (κ3) is 3.41. The third-order valence-corrected chi connectivity index (χ3v) is 3.48. The number of H-pyrrole nitrogens is 2. The van der Waals surface area contributed by atoms with Crippen molar-refractivity contribution in [3.8, 4) is 0 Å². The zero-order chi connectivity index (χ0) is 13.0. The first kappa shape index (κ1) is 13.3. The molecule has 1 aromatic rings. The molecule has 5 nitrogen and oxygen atoms in total. The molecule has 2 heterocycles. The minimum absolute atomic E-state index is 0.0782. The van der Waals surface area contributed by atoms with Crippen LogP contribution in [0.2, 0.25) is 0 Å². The molecular weight excluding hydrogens is 250 g/mol. The van der Waals surface area contributed by atoms with Gasteiger partial charge in [0, 0.05) is 6.42 Å². The molecule has 0 spiro atoms. The lowest BCUT2D eigenvalue weighted by atomic mass is 9.98. The minimum atomic E-state index is -0.0983. The van der Waals surface area contributed by atoms with Crippen LogP contribution < -0.4 is 0 Å². The van der Waals surface area contributed by atoms with Gasteiger partial charge in [-0.3, -0.25) is 15.0 Å². The lowest BCUT2D eigenvalue weighted by molar-refractivity contribution is -0.144. The average molecular weight is 269 g/mol. The monoisotopic (exact) mass is 269 g/mol. The van der Waals surface area contributed by atoms with Crippen LogP contribution >= 0.6 is 12.2 Å². The Morgan fingerprint density at radius 2 is 2.28 bits per heavy atom. The number of nitrogens with one attached hydrogen (secondary N) is 2. The van der Waals surface area contributed by atoms with Gasteiger partial charge in [-0.15, -0.1) is 0 Å². The normalized spacial score (nSPS) is 23.3. The van der Waals surface area contributed by atoms with E-state index in [1.165, 1.54) is 12.8 Å². The molecule has 2 rings (SSSR count). The number of unbranched alkanes of at least 4 members (excludes halogenated alkanes) is 2. The highest BCUT2D eigenvalue weighted by Gasteiger charge is 2.34. The van der Waals surface area contributed by atoms with Crippen LogP contribution in [0.25, 0.3) is 0 Å².